The van der Waals surface area contributed by atoms with E-state index in [4.69, 9.17) is 4.74 Å². The van der Waals surface area contributed by atoms with Gasteiger partial charge in [0, 0.05) is 43.8 Å². The number of carbonyl (C=O) groups is 2. The lowest BCUT2D eigenvalue weighted by molar-refractivity contribution is -0.141. The molecule has 0 atom stereocenters. The van der Waals surface area contributed by atoms with Crippen molar-refractivity contribution in [3.63, 3.8) is 0 Å². The number of rotatable bonds is 4. The van der Waals surface area contributed by atoms with E-state index in [0.717, 1.165) is 36.9 Å². The smallest absolute Gasteiger partial charge is 0.227 e. The van der Waals surface area contributed by atoms with E-state index >= 15 is 0 Å². The fraction of sp³-hybridized carbons (Fsp3) is 0.636. The van der Waals surface area contributed by atoms with Gasteiger partial charge in [-0.05, 0) is 49.7 Å². The summed E-state index contributed by atoms with van der Waals surface area (Å²) in [5.41, 5.74) is 3.23. The van der Waals surface area contributed by atoms with Crippen molar-refractivity contribution in [3.05, 3.63) is 29.3 Å². The minimum atomic E-state index is -0.0247. The molecule has 3 rings (SSSR count). The van der Waals surface area contributed by atoms with Crippen molar-refractivity contribution in [1.82, 2.24) is 4.90 Å². The van der Waals surface area contributed by atoms with Crippen LogP contribution in [0.1, 0.15) is 56.6 Å². The Morgan fingerprint density at radius 2 is 1.74 bits per heavy atom. The highest BCUT2D eigenvalue weighted by molar-refractivity contribution is 5.94. The molecular formula is C22H32N2O3. The van der Waals surface area contributed by atoms with Gasteiger partial charge in [0.25, 0.3) is 0 Å². The van der Waals surface area contributed by atoms with Gasteiger partial charge in [-0.25, -0.2) is 0 Å². The normalized spacial score (nSPS) is 19.3. The van der Waals surface area contributed by atoms with Crippen LogP contribution in [-0.2, 0) is 14.3 Å². The maximum absolute atomic E-state index is 12.8. The molecule has 5 heteroatoms. The third-order valence-corrected chi connectivity index (χ3v) is 5.92. The van der Waals surface area contributed by atoms with Crippen molar-refractivity contribution in [2.24, 2.45) is 11.8 Å². The Labute approximate surface area is 162 Å². The molecule has 0 bridgehead atoms. The van der Waals surface area contributed by atoms with Crippen molar-refractivity contribution in [1.29, 1.82) is 0 Å². The quantitative estimate of drug-likeness (QED) is 0.876. The lowest BCUT2D eigenvalue weighted by atomic mass is 9.92. The van der Waals surface area contributed by atoms with E-state index in [2.05, 4.69) is 25.2 Å². The highest BCUT2D eigenvalue weighted by Crippen LogP contribution is 2.29. The maximum Gasteiger partial charge on any atom is 0.227 e. The number of hydrogen-bond donors (Lipinski definition) is 1. The van der Waals surface area contributed by atoms with Crippen molar-refractivity contribution >= 4 is 17.5 Å². The molecular weight excluding hydrogens is 340 g/mol. The van der Waals surface area contributed by atoms with Gasteiger partial charge in [-0.3, -0.25) is 9.59 Å². The van der Waals surface area contributed by atoms with Gasteiger partial charge in [0.05, 0.1) is 0 Å². The van der Waals surface area contributed by atoms with Gasteiger partial charge in [-0.1, -0.05) is 32.0 Å². The summed E-state index contributed by atoms with van der Waals surface area (Å²) < 4.78 is 5.35. The predicted molar refractivity (Wildman–Crippen MR) is 107 cm³/mol. The summed E-state index contributed by atoms with van der Waals surface area (Å²) in [5, 5.41) is 3.18. The van der Waals surface area contributed by atoms with E-state index in [1.807, 2.05) is 24.0 Å². The van der Waals surface area contributed by atoms with Crippen LogP contribution in [0.4, 0.5) is 5.69 Å². The van der Waals surface area contributed by atoms with Gasteiger partial charge in [0.1, 0.15) is 0 Å². The van der Waals surface area contributed by atoms with Crippen molar-refractivity contribution in [2.75, 3.05) is 31.6 Å². The molecule has 148 valence electrons. The van der Waals surface area contributed by atoms with E-state index < -0.39 is 0 Å². The standard InChI is InChI=1S/C22H32N2O3/c1-15(2)19-6-4-5-16(3)20(19)23-21(25)17-7-11-24(12-8-17)22(26)18-9-13-27-14-10-18/h4-6,15,17-18H,7-14H2,1-3H3,(H,23,25). The number of carbonyl (C=O) groups excluding carboxylic acids is 2. The first kappa shape index (κ1) is 19.9. The maximum atomic E-state index is 12.8. The van der Waals surface area contributed by atoms with Crippen LogP contribution in [0.15, 0.2) is 18.2 Å². The number of piperidine rings is 1. The van der Waals surface area contributed by atoms with Crippen LogP contribution in [-0.4, -0.2) is 43.0 Å². The summed E-state index contributed by atoms with van der Waals surface area (Å²) >= 11 is 0. The molecule has 0 spiro atoms. The van der Waals surface area contributed by atoms with Crippen LogP contribution in [0.5, 0.6) is 0 Å². The van der Waals surface area contributed by atoms with E-state index in [-0.39, 0.29) is 23.7 Å². The van der Waals surface area contributed by atoms with Crippen LogP contribution >= 0.6 is 0 Å². The second-order valence-electron chi connectivity index (χ2n) is 8.17. The van der Waals surface area contributed by atoms with Crippen molar-refractivity contribution in [2.45, 2.75) is 52.4 Å². The summed E-state index contributed by atoms with van der Waals surface area (Å²) in [5.74, 6) is 0.773. The van der Waals surface area contributed by atoms with Crippen LogP contribution in [0.25, 0.3) is 0 Å². The van der Waals surface area contributed by atoms with Crippen molar-refractivity contribution in [3.8, 4) is 0 Å². The molecule has 27 heavy (non-hydrogen) atoms. The number of hydrogen-bond acceptors (Lipinski definition) is 3. The molecule has 2 aliphatic heterocycles. The highest BCUT2D eigenvalue weighted by Gasteiger charge is 2.31. The van der Waals surface area contributed by atoms with Crippen LogP contribution in [0.3, 0.4) is 0 Å². The van der Waals surface area contributed by atoms with Crippen LogP contribution in [0, 0.1) is 18.8 Å². The SMILES string of the molecule is Cc1cccc(C(C)C)c1NC(=O)C1CCN(C(=O)C2CCOCC2)CC1. The Bertz CT molecular complexity index is 672. The number of amides is 2. The van der Waals surface area contributed by atoms with Gasteiger partial charge in [-0.2, -0.15) is 0 Å². The van der Waals surface area contributed by atoms with Crippen LogP contribution < -0.4 is 5.32 Å². The molecule has 1 aromatic carbocycles. The Hall–Kier alpha value is -1.88. The summed E-state index contributed by atoms with van der Waals surface area (Å²) in [4.78, 5) is 27.4. The molecule has 0 aliphatic carbocycles. The molecule has 2 fully saturated rings. The first-order chi connectivity index (χ1) is 13.0. The van der Waals surface area contributed by atoms with E-state index in [1.54, 1.807) is 0 Å². The Morgan fingerprint density at radius 1 is 1.07 bits per heavy atom. The number of likely N-dealkylation sites (tertiary alicyclic amines) is 1. The summed E-state index contributed by atoms with van der Waals surface area (Å²) in [6.07, 6.45) is 3.13. The monoisotopic (exact) mass is 372 g/mol. The molecule has 0 unspecified atom stereocenters. The van der Waals surface area contributed by atoms with Gasteiger partial charge < -0.3 is 15.0 Å². The molecule has 2 aliphatic rings. The second-order valence-corrected chi connectivity index (χ2v) is 8.17. The summed E-state index contributed by atoms with van der Waals surface area (Å²) in [6, 6.07) is 6.17. The molecule has 1 N–H and O–H groups in total. The Morgan fingerprint density at radius 3 is 2.37 bits per heavy atom. The van der Waals surface area contributed by atoms with Crippen molar-refractivity contribution < 1.29 is 14.3 Å². The Kier molecular flexibility index (Phi) is 6.53. The molecule has 1 aromatic rings. The molecule has 2 amide bonds. The van der Waals surface area contributed by atoms with E-state index in [9.17, 15) is 9.59 Å². The Balaban J connectivity index is 1.57. The number of nitrogens with one attached hydrogen (secondary N) is 1. The third-order valence-electron chi connectivity index (χ3n) is 5.92. The summed E-state index contributed by atoms with van der Waals surface area (Å²) in [7, 11) is 0. The first-order valence-corrected chi connectivity index (χ1v) is 10.2. The minimum Gasteiger partial charge on any atom is -0.381 e. The average molecular weight is 373 g/mol. The fourth-order valence-electron chi connectivity index (χ4n) is 4.13. The van der Waals surface area contributed by atoms with Gasteiger partial charge in [0.15, 0.2) is 0 Å². The highest BCUT2D eigenvalue weighted by atomic mass is 16.5. The van der Waals surface area contributed by atoms with E-state index in [0.29, 0.717) is 32.2 Å². The number of benzene rings is 1. The number of nitrogens with zero attached hydrogens (tertiary/aromatic N) is 1. The van der Waals surface area contributed by atoms with Crippen LogP contribution in [0.2, 0.25) is 0 Å². The summed E-state index contributed by atoms with van der Waals surface area (Å²) in [6.45, 7) is 9.05. The largest absolute Gasteiger partial charge is 0.381 e. The van der Waals surface area contributed by atoms with Gasteiger partial charge in [0.2, 0.25) is 11.8 Å². The first-order valence-electron chi connectivity index (χ1n) is 10.2. The topological polar surface area (TPSA) is 58.6 Å². The molecule has 0 saturated carbocycles. The van der Waals surface area contributed by atoms with Gasteiger partial charge in [-0.15, -0.1) is 0 Å². The number of ether oxygens (including phenoxy) is 1. The second kappa shape index (κ2) is 8.87. The van der Waals surface area contributed by atoms with Gasteiger partial charge >= 0.3 is 0 Å². The predicted octanol–water partition coefficient (Wildman–Crippen LogP) is 3.72. The lowest BCUT2D eigenvalue weighted by Gasteiger charge is -2.34. The zero-order chi connectivity index (χ0) is 19.4. The average Bonchev–Trinajstić information content (AvgIpc) is 2.69. The minimum absolute atomic E-state index is 0.0247. The zero-order valence-corrected chi connectivity index (χ0v) is 16.8. The molecule has 0 radical (unpaired) electrons. The molecule has 0 aromatic heterocycles. The van der Waals surface area contributed by atoms with E-state index in [1.165, 1.54) is 5.56 Å². The molecule has 5 nitrogen and oxygen atoms in total. The fourth-order valence-corrected chi connectivity index (χ4v) is 4.13. The molecule has 2 saturated heterocycles. The number of para-hydroxylation sites is 1. The zero-order valence-electron chi connectivity index (χ0n) is 16.8. The number of aryl methyl sites for hydroxylation is 1. The molecule has 2 heterocycles. The third kappa shape index (κ3) is 4.70. The lowest BCUT2D eigenvalue weighted by Crippen LogP contribution is -2.45. The number of anilines is 1.